The third-order valence-corrected chi connectivity index (χ3v) is 1.84. The summed E-state index contributed by atoms with van der Waals surface area (Å²) in [6, 6.07) is 3.59. The van der Waals surface area contributed by atoms with E-state index in [0.29, 0.717) is 5.56 Å². The van der Waals surface area contributed by atoms with Crippen LogP contribution in [0.4, 0.5) is 17.6 Å². The molecule has 1 aromatic rings. The second kappa shape index (κ2) is 4.51. The Labute approximate surface area is 89.3 Å². The van der Waals surface area contributed by atoms with Crippen LogP contribution in [-0.4, -0.2) is 12.1 Å². The molecular formula is C10H8F4NO. The average Bonchev–Trinajstić information content (AvgIpc) is 2.17. The molecule has 0 unspecified atom stereocenters. The number of halogens is 4. The summed E-state index contributed by atoms with van der Waals surface area (Å²) >= 11 is 0. The van der Waals surface area contributed by atoms with Gasteiger partial charge >= 0.3 is 12.1 Å². The number of carbonyl (C=O) groups is 1. The fraction of sp³-hybridized carbons (Fsp3) is 0.200. The molecule has 1 aromatic carbocycles. The Kier molecular flexibility index (Phi) is 3.51. The maximum atomic E-state index is 12.5. The Balaban J connectivity index is 2.69. The van der Waals surface area contributed by atoms with Gasteiger partial charge in [-0.25, -0.2) is 4.39 Å². The van der Waals surface area contributed by atoms with Crippen molar-refractivity contribution in [2.75, 3.05) is 0 Å². The van der Waals surface area contributed by atoms with Gasteiger partial charge in [0.15, 0.2) is 0 Å². The molecule has 1 radical (unpaired) electrons. The van der Waals surface area contributed by atoms with Crippen molar-refractivity contribution in [3.05, 3.63) is 42.6 Å². The molecule has 1 atom stereocenters. The van der Waals surface area contributed by atoms with Crippen LogP contribution in [0.1, 0.15) is 11.6 Å². The van der Waals surface area contributed by atoms with Crippen LogP contribution < -0.4 is 5.32 Å². The van der Waals surface area contributed by atoms with Gasteiger partial charge in [-0.15, -0.1) is 0 Å². The molecule has 16 heavy (non-hydrogen) atoms. The molecule has 0 saturated carbocycles. The van der Waals surface area contributed by atoms with Crippen molar-refractivity contribution >= 4 is 5.91 Å². The quantitative estimate of drug-likeness (QED) is 0.782. The zero-order chi connectivity index (χ0) is 12.3. The molecule has 1 rings (SSSR count). The number of benzene rings is 1. The molecule has 0 aromatic heterocycles. The number of nitrogens with one attached hydrogen (secondary N) is 1. The van der Waals surface area contributed by atoms with E-state index in [4.69, 9.17) is 0 Å². The van der Waals surface area contributed by atoms with Crippen LogP contribution in [0.2, 0.25) is 0 Å². The Morgan fingerprint density at radius 3 is 2.19 bits per heavy atom. The van der Waals surface area contributed by atoms with E-state index in [9.17, 15) is 22.4 Å². The molecule has 87 valence electrons. The highest BCUT2D eigenvalue weighted by Crippen LogP contribution is 2.18. The molecule has 0 fully saturated rings. The number of alkyl halides is 3. The maximum Gasteiger partial charge on any atom is 0.471 e. The first-order valence-corrected chi connectivity index (χ1v) is 4.27. The molecule has 0 saturated heterocycles. The molecule has 0 bridgehead atoms. The number of carbonyl (C=O) groups excluding carboxylic acids is 1. The maximum absolute atomic E-state index is 12.5. The smallest absolute Gasteiger partial charge is 0.341 e. The van der Waals surface area contributed by atoms with Crippen LogP contribution in [-0.2, 0) is 4.79 Å². The van der Waals surface area contributed by atoms with Crippen molar-refractivity contribution in [3.63, 3.8) is 0 Å². The van der Waals surface area contributed by atoms with Crippen molar-refractivity contribution in [1.29, 1.82) is 0 Å². The van der Waals surface area contributed by atoms with E-state index in [1.807, 2.05) is 0 Å². The van der Waals surface area contributed by atoms with Gasteiger partial charge in [-0.05, 0) is 24.6 Å². The van der Waals surface area contributed by atoms with Gasteiger partial charge < -0.3 is 5.32 Å². The first-order valence-electron chi connectivity index (χ1n) is 4.27. The minimum Gasteiger partial charge on any atom is -0.341 e. The van der Waals surface area contributed by atoms with E-state index in [0.717, 1.165) is 12.1 Å². The fourth-order valence-electron chi connectivity index (χ4n) is 1.02. The third-order valence-electron chi connectivity index (χ3n) is 1.84. The Morgan fingerprint density at radius 2 is 1.75 bits per heavy atom. The van der Waals surface area contributed by atoms with Crippen molar-refractivity contribution in [2.45, 2.75) is 12.2 Å². The number of hydrogen-bond donors (Lipinski definition) is 1. The summed E-state index contributed by atoms with van der Waals surface area (Å²) in [4.78, 5) is 10.6. The standard InChI is InChI=1S/C10H8F4NO/c1-6(15-9(16)10(12,13)14)7-2-4-8(11)5-3-7/h2-6H,1H2,(H,15,16)/t6-/m0/s1. The topological polar surface area (TPSA) is 29.1 Å². The molecule has 0 heterocycles. The Hall–Kier alpha value is -1.59. The van der Waals surface area contributed by atoms with Gasteiger partial charge in [-0.3, -0.25) is 4.79 Å². The lowest BCUT2D eigenvalue weighted by atomic mass is 10.1. The van der Waals surface area contributed by atoms with Crippen molar-refractivity contribution < 1.29 is 22.4 Å². The second-order valence-electron chi connectivity index (χ2n) is 3.08. The zero-order valence-corrected chi connectivity index (χ0v) is 8.01. The molecule has 0 aliphatic rings. The predicted molar refractivity (Wildman–Crippen MR) is 48.7 cm³/mol. The summed E-state index contributed by atoms with van der Waals surface area (Å²) in [5.41, 5.74) is 0.291. The summed E-state index contributed by atoms with van der Waals surface area (Å²) in [5, 5.41) is 1.66. The van der Waals surface area contributed by atoms with Gasteiger partial charge in [0.25, 0.3) is 0 Å². The summed E-state index contributed by atoms with van der Waals surface area (Å²) in [7, 11) is 0. The van der Waals surface area contributed by atoms with E-state index in [1.165, 1.54) is 12.1 Å². The number of rotatable bonds is 2. The van der Waals surface area contributed by atoms with Crippen LogP contribution in [0.15, 0.2) is 24.3 Å². The van der Waals surface area contributed by atoms with Crippen LogP contribution >= 0.6 is 0 Å². The van der Waals surface area contributed by atoms with Gasteiger partial charge in [0.05, 0.1) is 6.04 Å². The molecule has 2 nitrogen and oxygen atoms in total. The largest absolute Gasteiger partial charge is 0.471 e. The Bertz CT molecular complexity index is 371. The van der Waals surface area contributed by atoms with Gasteiger partial charge in [0.2, 0.25) is 0 Å². The summed E-state index contributed by atoms with van der Waals surface area (Å²) < 4.78 is 48.2. The van der Waals surface area contributed by atoms with Crippen LogP contribution in [0.25, 0.3) is 0 Å². The van der Waals surface area contributed by atoms with Crippen LogP contribution in [0.5, 0.6) is 0 Å². The van der Waals surface area contributed by atoms with Crippen LogP contribution in [0.3, 0.4) is 0 Å². The second-order valence-corrected chi connectivity index (χ2v) is 3.08. The lowest BCUT2D eigenvalue weighted by molar-refractivity contribution is -0.174. The van der Waals surface area contributed by atoms with Crippen molar-refractivity contribution in [2.24, 2.45) is 0 Å². The highest BCUT2D eigenvalue weighted by Gasteiger charge is 2.39. The van der Waals surface area contributed by atoms with E-state index in [2.05, 4.69) is 6.92 Å². The highest BCUT2D eigenvalue weighted by atomic mass is 19.4. The molecular weight excluding hydrogens is 226 g/mol. The fourth-order valence-corrected chi connectivity index (χ4v) is 1.02. The van der Waals surface area contributed by atoms with E-state index in [-0.39, 0.29) is 0 Å². The minimum atomic E-state index is -4.95. The lowest BCUT2D eigenvalue weighted by Gasteiger charge is -2.15. The lowest BCUT2D eigenvalue weighted by Crippen LogP contribution is -2.38. The predicted octanol–water partition coefficient (Wildman–Crippen LogP) is 2.38. The van der Waals surface area contributed by atoms with Gasteiger partial charge in [-0.1, -0.05) is 12.1 Å². The van der Waals surface area contributed by atoms with Gasteiger partial charge in [0, 0.05) is 0 Å². The molecule has 1 amide bonds. The summed E-state index contributed by atoms with van der Waals surface area (Å²) in [6.07, 6.45) is -4.95. The monoisotopic (exact) mass is 234 g/mol. The van der Waals surface area contributed by atoms with Gasteiger partial charge in [0.1, 0.15) is 5.82 Å². The third kappa shape index (κ3) is 3.22. The van der Waals surface area contributed by atoms with Crippen molar-refractivity contribution in [3.8, 4) is 0 Å². The zero-order valence-electron chi connectivity index (χ0n) is 8.01. The molecule has 0 spiro atoms. The molecule has 6 heteroatoms. The first-order chi connectivity index (χ1) is 7.30. The summed E-state index contributed by atoms with van der Waals surface area (Å²) in [5.74, 6) is -2.59. The summed E-state index contributed by atoms with van der Waals surface area (Å²) in [6.45, 7) is 3.34. The van der Waals surface area contributed by atoms with E-state index in [1.54, 1.807) is 5.32 Å². The van der Waals surface area contributed by atoms with E-state index >= 15 is 0 Å². The Morgan fingerprint density at radius 1 is 1.25 bits per heavy atom. The molecule has 1 N–H and O–H groups in total. The van der Waals surface area contributed by atoms with E-state index < -0.39 is 23.9 Å². The average molecular weight is 234 g/mol. The first kappa shape index (κ1) is 12.5. The molecule has 0 aliphatic heterocycles. The van der Waals surface area contributed by atoms with Crippen molar-refractivity contribution in [1.82, 2.24) is 5.32 Å². The number of hydrogen-bond acceptors (Lipinski definition) is 1. The minimum absolute atomic E-state index is 0.291. The van der Waals surface area contributed by atoms with Crippen LogP contribution in [0, 0.1) is 12.7 Å². The van der Waals surface area contributed by atoms with Gasteiger partial charge in [-0.2, -0.15) is 13.2 Å². The molecule has 0 aliphatic carbocycles. The number of amides is 1. The highest BCUT2D eigenvalue weighted by molar-refractivity contribution is 5.82. The SMILES string of the molecule is [CH2][C@H](NC(=O)C(F)(F)F)c1ccc(F)cc1. The normalized spacial score (nSPS) is 13.3.